The van der Waals surface area contributed by atoms with Crippen LogP contribution in [0.4, 0.5) is 0 Å². The zero-order valence-corrected chi connectivity index (χ0v) is 11.7. The van der Waals surface area contributed by atoms with Crippen LogP contribution < -0.4 is 0 Å². The number of aliphatic carboxylic acids is 1. The molecule has 0 spiro atoms. The maximum absolute atomic E-state index is 11.3. The Kier molecular flexibility index (Phi) is 4.99. The molecule has 1 saturated heterocycles. The third-order valence-corrected chi connectivity index (χ3v) is 4.32. The zero-order valence-electron chi connectivity index (χ0n) is 11.7. The van der Waals surface area contributed by atoms with E-state index in [0.29, 0.717) is 12.0 Å². The fourth-order valence-corrected chi connectivity index (χ4v) is 2.94. The molecule has 0 aromatic carbocycles. The Balaban J connectivity index is 2.52. The minimum Gasteiger partial charge on any atom is -0.481 e. The summed E-state index contributed by atoms with van der Waals surface area (Å²) in [5.41, 5.74) is -0.450. The molecule has 1 aliphatic heterocycles. The molecule has 100 valence electrons. The van der Waals surface area contributed by atoms with Gasteiger partial charge in [0.25, 0.3) is 0 Å². The zero-order chi connectivity index (χ0) is 13.1. The van der Waals surface area contributed by atoms with Crippen LogP contribution in [0.15, 0.2) is 0 Å². The average molecular weight is 241 g/mol. The van der Waals surface area contributed by atoms with Gasteiger partial charge in [-0.15, -0.1) is 0 Å². The fourth-order valence-electron chi connectivity index (χ4n) is 2.94. The molecule has 0 radical (unpaired) electrons. The molecule has 1 rings (SSSR count). The molecule has 0 aromatic heterocycles. The lowest BCUT2D eigenvalue weighted by atomic mass is 9.76. The summed E-state index contributed by atoms with van der Waals surface area (Å²) >= 11 is 0. The second-order valence-corrected chi connectivity index (χ2v) is 5.95. The van der Waals surface area contributed by atoms with Crippen molar-refractivity contribution >= 4 is 5.97 Å². The Morgan fingerprint density at radius 1 is 1.29 bits per heavy atom. The largest absolute Gasteiger partial charge is 0.481 e. The van der Waals surface area contributed by atoms with Gasteiger partial charge in [-0.2, -0.15) is 0 Å². The predicted octanol–water partition coefficient (Wildman–Crippen LogP) is 3.00. The summed E-state index contributed by atoms with van der Waals surface area (Å²) in [4.78, 5) is 13.8. The summed E-state index contributed by atoms with van der Waals surface area (Å²) in [7, 11) is 0. The lowest BCUT2D eigenvalue weighted by molar-refractivity contribution is -0.152. The van der Waals surface area contributed by atoms with Gasteiger partial charge in [-0.25, -0.2) is 0 Å². The normalized spacial score (nSPS) is 22.6. The lowest BCUT2D eigenvalue weighted by Gasteiger charge is -2.41. The van der Waals surface area contributed by atoms with Crippen LogP contribution >= 0.6 is 0 Å². The van der Waals surface area contributed by atoms with Crippen LogP contribution in [0.2, 0.25) is 0 Å². The van der Waals surface area contributed by atoms with Crippen molar-refractivity contribution in [1.29, 1.82) is 0 Å². The molecule has 1 unspecified atom stereocenters. The third-order valence-electron chi connectivity index (χ3n) is 4.32. The van der Waals surface area contributed by atoms with E-state index in [2.05, 4.69) is 25.7 Å². The van der Waals surface area contributed by atoms with Crippen LogP contribution in [-0.4, -0.2) is 35.1 Å². The van der Waals surface area contributed by atoms with E-state index in [1.807, 2.05) is 6.92 Å². The first-order valence-corrected chi connectivity index (χ1v) is 6.88. The molecule has 0 bridgehead atoms. The lowest BCUT2D eigenvalue weighted by Crippen LogP contribution is -2.47. The summed E-state index contributed by atoms with van der Waals surface area (Å²) in [6.07, 6.45) is 3.57. The number of likely N-dealkylation sites (tertiary alicyclic amines) is 1. The standard InChI is InChI=1S/C14H27NO2/c1-5-14(13(16)17)6-8-15(9-7-14)12(4)10-11(2)3/h11-12H,5-10H2,1-4H3,(H,16,17). The van der Waals surface area contributed by atoms with Gasteiger partial charge >= 0.3 is 5.97 Å². The van der Waals surface area contributed by atoms with Gasteiger partial charge in [-0.1, -0.05) is 20.8 Å². The quantitative estimate of drug-likeness (QED) is 0.804. The van der Waals surface area contributed by atoms with Crippen LogP contribution in [0, 0.1) is 11.3 Å². The highest BCUT2D eigenvalue weighted by molar-refractivity contribution is 5.74. The Hall–Kier alpha value is -0.570. The molecule has 0 aromatic rings. The van der Waals surface area contributed by atoms with Crippen molar-refractivity contribution in [2.24, 2.45) is 11.3 Å². The molecule has 1 aliphatic rings. The van der Waals surface area contributed by atoms with Gasteiger partial charge in [0.1, 0.15) is 0 Å². The molecule has 0 saturated carbocycles. The van der Waals surface area contributed by atoms with Gasteiger partial charge in [0.15, 0.2) is 0 Å². The van der Waals surface area contributed by atoms with Crippen molar-refractivity contribution in [3.05, 3.63) is 0 Å². The molecule has 0 aliphatic carbocycles. The van der Waals surface area contributed by atoms with E-state index in [1.54, 1.807) is 0 Å². The van der Waals surface area contributed by atoms with E-state index in [0.717, 1.165) is 32.4 Å². The first-order valence-electron chi connectivity index (χ1n) is 6.88. The highest BCUT2D eigenvalue weighted by Gasteiger charge is 2.40. The van der Waals surface area contributed by atoms with Crippen molar-refractivity contribution in [3.8, 4) is 0 Å². The molecule has 1 N–H and O–H groups in total. The first kappa shape index (κ1) is 14.5. The molecular formula is C14H27NO2. The SMILES string of the molecule is CCC1(C(=O)O)CCN(C(C)CC(C)C)CC1. The Labute approximate surface area is 105 Å². The van der Waals surface area contributed by atoms with E-state index < -0.39 is 11.4 Å². The van der Waals surface area contributed by atoms with Crippen LogP contribution in [-0.2, 0) is 4.79 Å². The van der Waals surface area contributed by atoms with Crippen molar-refractivity contribution in [1.82, 2.24) is 4.90 Å². The first-order chi connectivity index (χ1) is 7.91. The molecular weight excluding hydrogens is 214 g/mol. The van der Waals surface area contributed by atoms with E-state index >= 15 is 0 Å². The van der Waals surface area contributed by atoms with Crippen LogP contribution in [0.3, 0.4) is 0 Å². The van der Waals surface area contributed by atoms with Gasteiger partial charge < -0.3 is 10.0 Å². The molecule has 1 fully saturated rings. The second kappa shape index (κ2) is 5.85. The van der Waals surface area contributed by atoms with Gasteiger partial charge in [-0.05, 0) is 51.6 Å². The fraction of sp³-hybridized carbons (Fsp3) is 0.929. The summed E-state index contributed by atoms with van der Waals surface area (Å²) in [5.74, 6) is 0.110. The number of rotatable bonds is 5. The topological polar surface area (TPSA) is 40.5 Å². The summed E-state index contributed by atoms with van der Waals surface area (Å²) in [6.45, 7) is 10.6. The number of carboxylic acids is 1. The monoisotopic (exact) mass is 241 g/mol. The highest BCUT2D eigenvalue weighted by Crippen LogP contribution is 2.36. The van der Waals surface area contributed by atoms with Gasteiger partial charge in [0.2, 0.25) is 0 Å². The summed E-state index contributed by atoms with van der Waals surface area (Å²) < 4.78 is 0. The van der Waals surface area contributed by atoms with E-state index in [-0.39, 0.29) is 0 Å². The number of carboxylic acid groups (broad SMARTS) is 1. The molecule has 1 heterocycles. The van der Waals surface area contributed by atoms with Crippen molar-refractivity contribution in [3.63, 3.8) is 0 Å². The maximum Gasteiger partial charge on any atom is 0.309 e. The number of nitrogens with zero attached hydrogens (tertiary/aromatic N) is 1. The van der Waals surface area contributed by atoms with Crippen LogP contribution in [0.25, 0.3) is 0 Å². The Bertz CT molecular complexity index is 255. The Morgan fingerprint density at radius 2 is 1.82 bits per heavy atom. The number of piperidine rings is 1. The maximum atomic E-state index is 11.3. The van der Waals surface area contributed by atoms with Gasteiger partial charge in [-0.3, -0.25) is 4.79 Å². The molecule has 1 atom stereocenters. The molecule has 17 heavy (non-hydrogen) atoms. The summed E-state index contributed by atoms with van der Waals surface area (Å²) in [6, 6.07) is 0.582. The minimum absolute atomic E-state index is 0.450. The molecule has 3 nitrogen and oxygen atoms in total. The van der Waals surface area contributed by atoms with Gasteiger partial charge in [0.05, 0.1) is 5.41 Å². The van der Waals surface area contributed by atoms with Gasteiger partial charge in [0, 0.05) is 6.04 Å². The van der Waals surface area contributed by atoms with E-state index in [4.69, 9.17) is 0 Å². The van der Waals surface area contributed by atoms with Crippen molar-refractivity contribution < 1.29 is 9.90 Å². The number of hydrogen-bond donors (Lipinski definition) is 1. The second-order valence-electron chi connectivity index (χ2n) is 5.95. The smallest absolute Gasteiger partial charge is 0.309 e. The highest BCUT2D eigenvalue weighted by atomic mass is 16.4. The molecule has 0 amide bonds. The molecule has 3 heteroatoms. The minimum atomic E-state index is -0.601. The number of carbonyl (C=O) groups is 1. The predicted molar refractivity (Wildman–Crippen MR) is 70.1 cm³/mol. The Morgan fingerprint density at radius 3 is 2.18 bits per heavy atom. The van der Waals surface area contributed by atoms with Crippen LogP contribution in [0.1, 0.15) is 53.4 Å². The summed E-state index contributed by atoms with van der Waals surface area (Å²) in [5, 5.41) is 9.34. The van der Waals surface area contributed by atoms with Crippen LogP contribution in [0.5, 0.6) is 0 Å². The van der Waals surface area contributed by atoms with Crippen molar-refractivity contribution in [2.75, 3.05) is 13.1 Å². The van der Waals surface area contributed by atoms with E-state index in [1.165, 1.54) is 6.42 Å². The van der Waals surface area contributed by atoms with Crippen molar-refractivity contribution in [2.45, 2.75) is 59.4 Å². The average Bonchev–Trinajstić information content (AvgIpc) is 2.28. The van der Waals surface area contributed by atoms with E-state index in [9.17, 15) is 9.90 Å². The number of hydrogen-bond acceptors (Lipinski definition) is 2. The third kappa shape index (κ3) is 3.44.